The van der Waals surface area contributed by atoms with Gasteiger partial charge in [-0.1, -0.05) is 6.07 Å². The van der Waals surface area contributed by atoms with Gasteiger partial charge in [0.05, 0.1) is 0 Å². The quantitative estimate of drug-likeness (QED) is 0.500. The van der Waals surface area contributed by atoms with Gasteiger partial charge in [-0.05, 0) is 73.8 Å². The fraction of sp³-hybridized carbons (Fsp3) is 0.421. The summed E-state index contributed by atoms with van der Waals surface area (Å²) in [6.07, 6.45) is 10.1. The number of amides is 1. The Morgan fingerprint density at radius 1 is 1.12 bits per heavy atom. The molecule has 0 aliphatic heterocycles. The highest BCUT2D eigenvalue weighted by molar-refractivity contribution is 7.97. The monoisotopic (exact) mass is 356 g/mol. The molecule has 0 saturated carbocycles. The van der Waals surface area contributed by atoms with Crippen molar-refractivity contribution >= 4 is 24.0 Å². The maximum atomic E-state index is 9.88. The van der Waals surface area contributed by atoms with Crippen molar-refractivity contribution in [3.05, 3.63) is 46.3 Å². The van der Waals surface area contributed by atoms with Crippen molar-refractivity contribution in [3.8, 4) is 0 Å². The predicted molar refractivity (Wildman–Crippen MR) is 102 cm³/mol. The average molecular weight is 356 g/mol. The molecular formula is C19H24N4OS. The number of fused-ring (bicyclic) bond motifs is 2. The number of aryl methyl sites for hydroxylation is 3. The van der Waals surface area contributed by atoms with Crippen LogP contribution in [0.4, 0.5) is 5.69 Å². The zero-order chi connectivity index (χ0) is 17.6. The lowest BCUT2D eigenvalue weighted by Crippen LogP contribution is -2.00. The van der Waals surface area contributed by atoms with Crippen LogP contribution < -0.4 is 10.0 Å². The van der Waals surface area contributed by atoms with Crippen LogP contribution in [0.25, 0.3) is 0 Å². The maximum absolute atomic E-state index is 9.88. The van der Waals surface area contributed by atoms with Crippen LogP contribution in [-0.2, 0) is 30.5 Å². The third-order valence-corrected chi connectivity index (χ3v) is 5.29. The van der Waals surface area contributed by atoms with Crippen molar-refractivity contribution in [2.75, 3.05) is 12.4 Å². The molecule has 1 heterocycles. The van der Waals surface area contributed by atoms with E-state index < -0.39 is 0 Å². The summed E-state index contributed by atoms with van der Waals surface area (Å²) >= 11 is 1.09. The molecule has 0 radical (unpaired) electrons. The molecule has 0 bridgehead atoms. The topological polar surface area (TPSA) is 66.9 Å². The zero-order valence-electron chi connectivity index (χ0n) is 14.8. The van der Waals surface area contributed by atoms with Gasteiger partial charge in [-0.25, -0.2) is 9.97 Å². The van der Waals surface area contributed by atoms with Gasteiger partial charge < -0.3 is 5.32 Å². The molecule has 2 aliphatic carbocycles. The summed E-state index contributed by atoms with van der Waals surface area (Å²) in [5, 5.41) is 3.98. The Labute approximate surface area is 153 Å². The lowest BCUT2D eigenvalue weighted by molar-refractivity contribution is -0.107. The predicted octanol–water partition coefficient (Wildman–Crippen LogP) is 3.24. The van der Waals surface area contributed by atoms with Gasteiger partial charge in [0.2, 0.25) is 11.6 Å². The standard InChI is InChI=1S/C13H17N.C6H7N3OS/c1-14-13-11-6-2-4-9(11)8-10-5-3-7-12(10)13;1-5-2-3-7-6(9-5)11-8-4-10/h8,14H,2-7H2,1H3;2-4H,1H3,(H,8,10). The highest BCUT2D eigenvalue weighted by Gasteiger charge is 2.22. The van der Waals surface area contributed by atoms with E-state index >= 15 is 0 Å². The van der Waals surface area contributed by atoms with Crippen LogP contribution in [0.3, 0.4) is 0 Å². The van der Waals surface area contributed by atoms with Crippen molar-refractivity contribution in [3.63, 3.8) is 0 Å². The molecule has 1 aromatic heterocycles. The van der Waals surface area contributed by atoms with Crippen molar-refractivity contribution in [2.45, 2.75) is 50.6 Å². The first kappa shape index (κ1) is 17.7. The van der Waals surface area contributed by atoms with E-state index in [9.17, 15) is 4.79 Å². The SMILES string of the molecule is CNc1c2c(cc3c1CCC3)CCC2.Cc1ccnc(SNC=O)n1. The summed E-state index contributed by atoms with van der Waals surface area (Å²) < 4.78 is 2.40. The summed E-state index contributed by atoms with van der Waals surface area (Å²) in [5.41, 5.74) is 8.84. The van der Waals surface area contributed by atoms with E-state index in [1.54, 1.807) is 34.5 Å². The van der Waals surface area contributed by atoms with Gasteiger partial charge in [0, 0.05) is 36.6 Å². The van der Waals surface area contributed by atoms with Gasteiger partial charge in [-0.2, -0.15) is 0 Å². The van der Waals surface area contributed by atoms with E-state index in [-0.39, 0.29) is 0 Å². The van der Waals surface area contributed by atoms with E-state index in [0.29, 0.717) is 11.6 Å². The Morgan fingerprint density at radius 3 is 2.36 bits per heavy atom. The molecule has 0 atom stereocenters. The van der Waals surface area contributed by atoms with E-state index in [0.717, 1.165) is 17.6 Å². The fourth-order valence-corrected chi connectivity index (χ4v) is 4.13. The first-order valence-corrected chi connectivity index (χ1v) is 9.54. The first-order valence-electron chi connectivity index (χ1n) is 8.73. The third kappa shape index (κ3) is 4.12. The summed E-state index contributed by atoms with van der Waals surface area (Å²) in [4.78, 5) is 17.8. The lowest BCUT2D eigenvalue weighted by atomic mass is 9.99. The second-order valence-electron chi connectivity index (χ2n) is 6.30. The van der Waals surface area contributed by atoms with Crippen LogP contribution in [0, 0.1) is 6.92 Å². The Kier molecular flexibility index (Phi) is 5.91. The molecule has 0 spiro atoms. The number of carbonyl (C=O) groups is 1. The number of hydrogen-bond donors (Lipinski definition) is 2. The lowest BCUT2D eigenvalue weighted by Gasteiger charge is -2.14. The summed E-state index contributed by atoms with van der Waals surface area (Å²) in [6, 6.07) is 4.27. The number of nitrogens with one attached hydrogen (secondary N) is 2. The summed E-state index contributed by atoms with van der Waals surface area (Å²) in [6.45, 7) is 1.87. The van der Waals surface area contributed by atoms with Gasteiger partial charge in [-0.3, -0.25) is 9.52 Å². The van der Waals surface area contributed by atoms with Crippen molar-refractivity contribution in [1.29, 1.82) is 0 Å². The molecule has 2 aromatic rings. The van der Waals surface area contributed by atoms with Gasteiger partial charge in [0.25, 0.3) is 0 Å². The van der Waals surface area contributed by atoms with Crippen LogP contribution in [0.2, 0.25) is 0 Å². The largest absolute Gasteiger partial charge is 0.388 e. The molecule has 4 rings (SSSR count). The first-order chi connectivity index (χ1) is 12.2. The number of carbonyl (C=O) groups excluding carboxylic acids is 1. The van der Waals surface area contributed by atoms with Gasteiger partial charge in [0.15, 0.2) is 0 Å². The molecule has 2 aliphatic rings. The smallest absolute Gasteiger partial charge is 0.217 e. The van der Waals surface area contributed by atoms with Gasteiger partial charge >= 0.3 is 0 Å². The number of aromatic nitrogens is 2. The Balaban J connectivity index is 0.000000151. The van der Waals surface area contributed by atoms with Gasteiger partial charge in [0.1, 0.15) is 0 Å². The second-order valence-corrected chi connectivity index (χ2v) is 7.11. The normalized spacial score (nSPS) is 14.2. The number of benzene rings is 1. The van der Waals surface area contributed by atoms with E-state index in [4.69, 9.17) is 0 Å². The third-order valence-electron chi connectivity index (χ3n) is 4.69. The van der Waals surface area contributed by atoms with Crippen LogP contribution in [0.15, 0.2) is 23.5 Å². The van der Waals surface area contributed by atoms with Crippen LogP contribution in [-0.4, -0.2) is 23.4 Å². The molecule has 2 N–H and O–H groups in total. The molecule has 1 amide bonds. The summed E-state index contributed by atoms with van der Waals surface area (Å²) in [5.74, 6) is 0. The van der Waals surface area contributed by atoms with Crippen molar-refractivity contribution < 1.29 is 4.79 Å². The van der Waals surface area contributed by atoms with E-state index in [2.05, 4.69) is 33.1 Å². The van der Waals surface area contributed by atoms with Crippen LogP contribution in [0.1, 0.15) is 40.8 Å². The molecule has 6 heteroatoms. The number of rotatable bonds is 4. The zero-order valence-corrected chi connectivity index (χ0v) is 15.6. The summed E-state index contributed by atoms with van der Waals surface area (Å²) in [7, 11) is 2.08. The Morgan fingerprint density at radius 2 is 1.80 bits per heavy atom. The molecule has 1 aromatic carbocycles. The molecule has 25 heavy (non-hydrogen) atoms. The molecule has 5 nitrogen and oxygen atoms in total. The number of anilines is 1. The fourth-order valence-electron chi connectivity index (χ4n) is 3.67. The maximum Gasteiger partial charge on any atom is 0.217 e. The average Bonchev–Trinajstić information content (AvgIpc) is 3.27. The van der Waals surface area contributed by atoms with Crippen LogP contribution >= 0.6 is 11.9 Å². The highest BCUT2D eigenvalue weighted by atomic mass is 32.2. The van der Waals surface area contributed by atoms with Crippen LogP contribution in [0.5, 0.6) is 0 Å². The number of hydrogen-bond acceptors (Lipinski definition) is 5. The molecule has 132 valence electrons. The van der Waals surface area contributed by atoms with Crippen molar-refractivity contribution in [1.82, 2.24) is 14.7 Å². The molecule has 0 saturated heterocycles. The molecule has 0 unspecified atom stereocenters. The Bertz CT molecular complexity index is 731. The molecular weight excluding hydrogens is 332 g/mol. The highest BCUT2D eigenvalue weighted by Crippen LogP contribution is 2.38. The molecule has 0 fully saturated rings. The Hall–Kier alpha value is -2.08. The minimum absolute atomic E-state index is 0.553. The van der Waals surface area contributed by atoms with E-state index in [1.807, 2.05) is 6.92 Å². The van der Waals surface area contributed by atoms with Crippen molar-refractivity contribution in [2.24, 2.45) is 0 Å². The minimum Gasteiger partial charge on any atom is -0.388 e. The van der Waals surface area contributed by atoms with Gasteiger partial charge in [-0.15, -0.1) is 0 Å². The second kappa shape index (κ2) is 8.34. The number of nitrogens with zero attached hydrogens (tertiary/aromatic N) is 2. The minimum atomic E-state index is 0.553. The van der Waals surface area contributed by atoms with E-state index in [1.165, 1.54) is 44.2 Å².